The van der Waals surface area contributed by atoms with E-state index in [1.54, 1.807) is 0 Å². The van der Waals surface area contributed by atoms with Crippen molar-refractivity contribution in [2.75, 3.05) is 13.2 Å². The number of hydrogen-bond acceptors (Lipinski definition) is 2. The molecule has 0 aliphatic carbocycles. The third-order valence-corrected chi connectivity index (χ3v) is 4.21. The summed E-state index contributed by atoms with van der Waals surface area (Å²) in [5.74, 6) is 0.692. The van der Waals surface area contributed by atoms with Crippen LogP contribution in [0.4, 0.5) is 0 Å². The van der Waals surface area contributed by atoms with Crippen LogP contribution in [0.5, 0.6) is 0 Å². The van der Waals surface area contributed by atoms with Gasteiger partial charge in [0.15, 0.2) is 0 Å². The number of likely N-dealkylation sites (tertiary alicyclic amines) is 1. The molecule has 1 atom stereocenters. The molecule has 1 saturated heterocycles. The van der Waals surface area contributed by atoms with Crippen molar-refractivity contribution in [3.05, 3.63) is 35.9 Å². The van der Waals surface area contributed by atoms with Gasteiger partial charge < -0.3 is 5.11 Å². The molecule has 1 fully saturated rings. The maximum absolute atomic E-state index is 9.08. The highest BCUT2D eigenvalue weighted by molar-refractivity contribution is 5.15. The molecular formula is C16H25NO. The summed E-state index contributed by atoms with van der Waals surface area (Å²) < 4.78 is 0. The highest BCUT2D eigenvalue weighted by atomic mass is 16.3. The summed E-state index contributed by atoms with van der Waals surface area (Å²) in [6.45, 7) is 7.19. The number of piperidine rings is 1. The van der Waals surface area contributed by atoms with E-state index in [1.165, 1.54) is 18.4 Å². The van der Waals surface area contributed by atoms with Gasteiger partial charge in [0.1, 0.15) is 0 Å². The molecule has 1 aromatic rings. The maximum atomic E-state index is 9.08. The highest BCUT2D eigenvalue weighted by Gasteiger charge is 2.34. The smallest absolute Gasteiger partial charge is 0.0433 e. The lowest BCUT2D eigenvalue weighted by molar-refractivity contribution is 0.0325. The number of nitrogens with zero attached hydrogens (tertiary/aromatic N) is 1. The third-order valence-electron chi connectivity index (χ3n) is 4.21. The molecule has 1 unspecified atom stereocenters. The number of rotatable bonds is 4. The Morgan fingerprint density at radius 2 is 2.00 bits per heavy atom. The summed E-state index contributed by atoms with van der Waals surface area (Å²) in [5, 5.41) is 9.08. The lowest BCUT2D eigenvalue weighted by Crippen LogP contribution is -2.49. The van der Waals surface area contributed by atoms with E-state index in [0.29, 0.717) is 12.5 Å². The van der Waals surface area contributed by atoms with Crippen molar-refractivity contribution in [3.63, 3.8) is 0 Å². The normalized spacial score (nSPS) is 24.1. The van der Waals surface area contributed by atoms with Gasteiger partial charge in [0.05, 0.1) is 0 Å². The molecule has 0 aromatic heterocycles. The number of benzene rings is 1. The monoisotopic (exact) mass is 247 g/mol. The predicted octanol–water partition coefficient (Wildman–Crippen LogP) is 3.06. The van der Waals surface area contributed by atoms with Crippen LogP contribution in [-0.4, -0.2) is 28.7 Å². The number of hydrogen-bond donors (Lipinski definition) is 1. The second kappa shape index (κ2) is 5.85. The zero-order valence-electron chi connectivity index (χ0n) is 11.6. The van der Waals surface area contributed by atoms with Crippen LogP contribution in [0.1, 0.15) is 38.7 Å². The first-order valence-corrected chi connectivity index (χ1v) is 7.01. The van der Waals surface area contributed by atoms with Crippen molar-refractivity contribution < 1.29 is 5.11 Å². The van der Waals surface area contributed by atoms with Crippen LogP contribution in [0.3, 0.4) is 0 Å². The SMILES string of the molecule is CC1(C)CC(CCO)CCN1Cc1ccccc1. The van der Waals surface area contributed by atoms with Gasteiger partial charge in [-0.25, -0.2) is 0 Å². The zero-order valence-corrected chi connectivity index (χ0v) is 11.6. The zero-order chi connectivity index (χ0) is 13.0. The van der Waals surface area contributed by atoms with Crippen LogP contribution in [0.15, 0.2) is 30.3 Å². The van der Waals surface area contributed by atoms with Crippen LogP contribution < -0.4 is 0 Å². The Bertz CT molecular complexity index is 361. The molecule has 100 valence electrons. The molecular weight excluding hydrogens is 222 g/mol. The molecule has 1 heterocycles. The van der Waals surface area contributed by atoms with Crippen molar-refractivity contribution in [1.29, 1.82) is 0 Å². The maximum Gasteiger partial charge on any atom is 0.0433 e. The topological polar surface area (TPSA) is 23.5 Å². The second-order valence-corrected chi connectivity index (χ2v) is 6.09. The van der Waals surface area contributed by atoms with Crippen molar-refractivity contribution in [3.8, 4) is 0 Å². The molecule has 1 aliphatic rings. The summed E-state index contributed by atoms with van der Waals surface area (Å²) in [6, 6.07) is 10.7. The van der Waals surface area contributed by atoms with Gasteiger partial charge in [0, 0.05) is 18.7 Å². The van der Waals surface area contributed by atoms with E-state index in [2.05, 4.69) is 49.1 Å². The summed E-state index contributed by atoms with van der Waals surface area (Å²) in [6.07, 6.45) is 3.37. The van der Waals surface area contributed by atoms with Crippen molar-refractivity contribution >= 4 is 0 Å². The predicted molar refractivity (Wildman–Crippen MR) is 75.4 cm³/mol. The molecule has 2 rings (SSSR count). The van der Waals surface area contributed by atoms with Crippen LogP contribution in [0, 0.1) is 5.92 Å². The molecule has 0 amide bonds. The van der Waals surface area contributed by atoms with Crippen molar-refractivity contribution in [2.24, 2.45) is 5.92 Å². The summed E-state index contributed by atoms with van der Waals surface area (Å²) in [4.78, 5) is 2.58. The number of aliphatic hydroxyl groups is 1. The minimum Gasteiger partial charge on any atom is -0.396 e. The van der Waals surface area contributed by atoms with Gasteiger partial charge in [0.2, 0.25) is 0 Å². The Balaban J connectivity index is 1.98. The molecule has 0 spiro atoms. The first-order valence-electron chi connectivity index (χ1n) is 7.01. The van der Waals surface area contributed by atoms with E-state index >= 15 is 0 Å². The first-order chi connectivity index (χ1) is 8.62. The molecule has 0 radical (unpaired) electrons. The average molecular weight is 247 g/mol. The van der Waals surface area contributed by atoms with Gasteiger partial charge in [-0.15, -0.1) is 0 Å². The van der Waals surface area contributed by atoms with Gasteiger partial charge in [-0.05, 0) is 51.1 Å². The lowest BCUT2D eigenvalue weighted by atomic mass is 9.81. The minimum absolute atomic E-state index is 0.244. The molecule has 18 heavy (non-hydrogen) atoms. The third kappa shape index (κ3) is 3.33. The fourth-order valence-electron chi connectivity index (χ4n) is 3.10. The van der Waals surface area contributed by atoms with Crippen LogP contribution in [0.25, 0.3) is 0 Å². The molecule has 1 aliphatic heterocycles. The largest absolute Gasteiger partial charge is 0.396 e. The van der Waals surface area contributed by atoms with E-state index in [4.69, 9.17) is 5.11 Å². The van der Waals surface area contributed by atoms with E-state index < -0.39 is 0 Å². The Kier molecular flexibility index (Phi) is 4.41. The highest BCUT2D eigenvalue weighted by Crippen LogP contribution is 2.34. The summed E-state index contributed by atoms with van der Waals surface area (Å²) >= 11 is 0. The fraction of sp³-hybridized carbons (Fsp3) is 0.625. The molecule has 0 bridgehead atoms. The summed E-state index contributed by atoms with van der Waals surface area (Å²) in [7, 11) is 0. The fourth-order valence-corrected chi connectivity index (χ4v) is 3.10. The Morgan fingerprint density at radius 3 is 2.61 bits per heavy atom. The van der Waals surface area contributed by atoms with Crippen LogP contribution >= 0.6 is 0 Å². The minimum atomic E-state index is 0.244. The van der Waals surface area contributed by atoms with E-state index in [9.17, 15) is 0 Å². The Hall–Kier alpha value is -0.860. The Morgan fingerprint density at radius 1 is 1.28 bits per heavy atom. The molecule has 1 N–H and O–H groups in total. The van der Waals surface area contributed by atoms with E-state index in [1.807, 2.05) is 0 Å². The van der Waals surface area contributed by atoms with Gasteiger partial charge in [-0.1, -0.05) is 30.3 Å². The standard InChI is InChI=1S/C16H25NO/c1-16(2)12-14(9-11-18)8-10-17(16)13-15-6-4-3-5-7-15/h3-7,14,18H,8-13H2,1-2H3. The molecule has 0 saturated carbocycles. The van der Waals surface area contributed by atoms with Crippen LogP contribution in [0.2, 0.25) is 0 Å². The molecule has 2 nitrogen and oxygen atoms in total. The van der Waals surface area contributed by atoms with Gasteiger partial charge >= 0.3 is 0 Å². The average Bonchev–Trinajstić information content (AvgIpc) is 2.34. The second-order valence-electron chi connectivity index (χ2n) is 6.09. The lowest BCUT2D eigenvalue weighted by Gasteiger charge is -2.46. The number of aliphatic hydroxyl groups excluding tert-OH is 1. The molecule has 1 aromatic carbocycles. The quantitative estimate of drug-likeness (QED) is 0.884. The van der Waals surface area contributed by atoms with E-state index in [-0.39, 0.29) is 5.54 Å². The van der Waals surface area contributed by atoms with Gasteiger partial charge in [-0.2, -0.15) is 0 Å². The first kappa shape index (κ1) is 13.6. The molecule has 2 heteroatoms. The van der Waals surface area contributed by atoms with E-state index in [0.717, 1.165) is 19.5 Å². The van der Waals surface area contributed by atoms with Crippen LogP contribution in [-0.2, 0) is 6.54 Å². The summed E-state index contributed by atoms with van der Waals surface area (Å²) in [5.41, 5.74) is 1.64. The van der Waals surface area contributed by atoms with Gasteiger partial charge in [-0.3, -0.25) is 4.90 Å². The van der Waals surface area contributed by atoms with Gasteiger partial charge in [0.25, 0.3) is 0 Å². The Labute approximate surface area is 111 Å². The van der Waals surface area contributed by atoms with Crippen molar-refractivity contribution in [1.82, 2.24) is 4.90 Å². The van der Waals surface area contributed by atoms with Crippen molar-refractivity contribution in [2.45, 2.75) is 45.2 Å².